The average molecular weight is 331 g/mol. The lowest BCUT2D eigenvalue weighted by molar-refractivity contribution is -0.116. The molecule has 0 heterocycles. The number of allylic oxidation sites excluding steroid dienone is 1. The molecule has 134 valence electrons. The van der Waals surface area contributed by atoms with Gasteiger partial charge in [0.05, 0.1) is 6.10 Å². The van der Waals surface area contributed by atoms with Crippen molar-refractivity contribution in [3.8, 4) is 0 Å². The molecule has 2 nitrogen and oxygen atoms in total. The van der Waals surface area contributed by atoms with E-state index in [4.69, 9.17) is 4.74 Å². The Hall–Kier alpha value is -0.630. The summed E-state index contributed by atoms with van der Waals surface area (Å²) in [6.45, 7) is 5.57. The highest BCUT2D eigenvalue weighted by Gasteiger charge is 2.57. The molecule has 4 rings (SSSR count). The van der Waals surface area contributed by atoms with E-state index in [9.17, 15) is 4.79 Å². The SMILES string of the molecule is CCCO[C@H]1CC[C@H]2[C@@H]3CCC4=CC(=O)CC[C@@H]4[C@H]3CC[C@]12CC. The van der Waals surface area contributed by atoms with E-state index >= 15 is 0 Å². The highest BCUT2D eigenvalue weighted by molar-refractivity contribution is 5.91. The molecule has 2 heteroatoms. The Morgan fingerprint density at radius 2 is 1.96 bits per heavy atom. The van der Waals surface area contributed by atoms with Gasteiger partial charge in [-0.15, -0.1) is 0 Å². The monoisotopic (exact) mass is 330 g/mol. The van der Waals surface area contributed by atoms with Gasteiger partial charge in [-0.05, 0) is 93.0 Å². The smallest absolute Gasteiger partial charge is 0.155 e. The van der Waals surface area contributed by atoms with Crippen molar-refractivity contribution in [1.29, 1.82) is 0 Å². The van der Waals surface area contributed by atoms with Crippen LogP contribution in [0.25, 0.3) is 0 Å². The summed E-state index contributed by atoms with van der Waals surface area (Å²) >= 11 is 0. The molecule has 0 radical (unpaired) electrons. The molecule has 0 unspecified atom stereocenters. The van der Waals surface area contributed by atoms with Gasteiger partial charge < -0.3 is 4.74 Å². The van der Waals surface area contributed by atoms with Gasteiger partial charge in [0.15, 0.2) is 5.78 Å². The van der Waals surface area contributed by atoms with E-state index in [1.165, 1.54) is 50.5 Å². The van der Waals surface area contributed by atoms with Gasteiger partial charge in [-0.25, -0.2) is 0 Å². The van der Waals surface area contributed by atoms with Crippen LogP contribution >= 0.6 is 0 Å². The second kappa shape index (κ2) is 6.59. The summed E-state index contributed by atoms with van der Waals surface area (Å²) in [4.78, 5) is 11.8. The lowest BCUT2D eigenvalue weighted by Gasteiger charge is -2.54. The van der Waals surface area contributed by atoms with Gasteiger partial charge in [0.25, 0.3) is 0 Å². The Bertz CT molecular complexity index is 522. The third-order valence-corrected chi connectivity index (χ3v) is 8.12. The van der Waals surface area contributed by atoms with Crippen molar-refractivity contribution in [3.63, 3.8) is 0 Å². The molecule has 0 aromatic rings. The summed E-state index contributed by atoms with van der Waals surface area (Å²) in [5.74, 6) is 3.73. The highest BCUT2D eigenvalue weighted by atomic mass is 16.5. The molecule has 0 aliphatic heterocycles. The lowest BCUT2D eigenvalue weighted by Crippen LogP contribution is -2.49. The second-order valence-electron chi connectivity index (χ2n) is 8.87. The first-order chi connectivity index (χ1) is 11.7. The molecule has 0 amide bonds. The predicted molar refractivity (Wildman–Crippen MR) is 96.7 cm³/mol. The van der Waals surface area contributed by atoms with Gasteiger partial charge in [-0.2, -0.15) is 0 Å². The normalized spacial score (nSPS) is 44.5. The van der Waals surface area contributed by atoms with Crippen molar-refractivity contribution < 1.29 is 9.53 Å². The van der Waals surface area contributed by atoms with E-state index in [0.717, 1.165) is 49.5 Å². The molecule has 0 aromatic carbocycles. The molecule has 0 bridgehead atoms. The molecule has 0 spiro atoms. The minimum atomic E-state index is 0.382. The van der Waals surface area contributed by atoms with Crippen LogP contribution in [0.15, 0.2) is 11.6 Å². The van der Waals surface area contributed by atoms with Crippen LogP contribution in [-0.2, 0) is 9.53 Å². The fraction of sp³-hybridized carbons (Fsp3) is 0.864. The zero-order valence-corrected chi connectivity index (χ0v) is 15.6. The quantitative estimate of drug-likeness (QED) is 0.698. The van der Waals surface area contributed by atoms with Crippen LogP contribution in [0.4, 0.5) is 0 Å². The number of hydrogen-bond donors (Lipinski definition) is 0. The van der Waals surface area contributed by atoms with E-state index in [1.807, 2.05) is 6.08 Å². The van der Waals surface area contributed by atoms with Gasteiger partial charge in [0.2, 0.25) is 0 Å². The molecular formula is C22H34O2. The summed E-state index contributed by atoms with van der Waals surface area (Å²) < 4.78 is 6.36. The maximum absolute atomic E-state index is 11.8. The average Bonchev–Trinajstić information content (AvgIpc) is 2.98. The minimum absolute atomic E-state index is 0.382. The molecule has 0 N–H and O–H groups in total. The van der Waals surface area contributed by atoms with E-state index < -0.39 is 0 Å². The summed E-state index contributed by atoms with van der Waals surface area (Å²) in [6, 6.07) is 0. The highest BCUT2D eigenvalue weighted by Crippen LogP contribution is 2.63. The Kier molecular flexibility index (Phi) is 4.62. The van der Waals surface area contributed by atoms with Gasteiger partial charge in [-0.3, -0.25) is 4.79 Å². The molecule has 4 aliphatic carbocycles. The Morgan fingerprint density at radius 1 is 1.08 bits per heavy atom. The third-order valence-electron chi connectivity index (χ3n) is 8.12. The van der Waals surface area contributed by atoms with Crippen molar-refractivity contribution in [1.82, 2.24) is 0 Å². The fourth-order valence-electron chi connectivity index (χ4n) is 7.12. The predicted octanol–water partition coefficient (Wildman–Crippen LogP) is 5.31. The van der Waals surface area contributed by atoms with Gasteiger partial charge in [-0.1, -0.05) is 19.4 Å². The molecule has 4 aliphatic rings. The van der Waals surface area contributed by atoms with Gasteiger partial charge >= 0.3 is 0 Å². The van der Waals surface area contributed by atoms with E-state index in [2.05, 4.69) is 13.8 Å². The molecule has 0 saturated heterocycles. The van der Waals surface area contributed by atoms with Crippen molar-refractivity contribution in [2.24, 2.45) is 29.1 Å². The first kappa shape index (κ1) is 16.8. The topological polar surface area (TPSA) is 26.3 Å². The number of hydrogen-bond acceptors (Lipinski definition) is 2. The van der Waals surface area contributed by atoms with Crippen LogP contribution in [0.1, 0.15) is 78.1 Å². The second-order valence-corrected chi connectivity index (χ2v) is 8.87. The minimum Gasteiger partial charge on any atom is -0.378 e. The Labute approximate surface area is 147 Å². The standard InChI is InChI=1S/C22H34O2/c1-3-13-24-21-10-9-20-19-7-5-15-14-16(23)6-8-17(15)18(19)11-12-22(20,21)4-2/h14,17-21H,3-13H2,1-2H3/t17-,18+,19+,20-,21-,22-/m0/s1. The van der Waals surface area contributed by atoms with Crippen molar-refractivity contribution >= 4 is 5.78 Å². The zero-order chi connectivity index (χ0) is 16.7. The first-order valence-electron chi connectivity index (χ1n) is 10.5. The molecule has 0 aromatic heterocycles. The maximum atomic E-state index is 11.8. The number of carbonyl (C=O) groups excluding carboxylic acids is 1. The zero-order valence-electron chi connectivity index (χ0n) is 15.6. The van der Waals surface area contributed by atoms with Crippen LogP contribution in [0.3, 0.4) is 0 Å². The number of carbonyl (C=O) groups is 1. The van der Waals surface area contributed by atoms with Crippen LogP contribution in [0.2, 0.25) is 0 Å². The van der Waals surface area contributed by atoms with E-state index in [-0.39, 0.29) is 0 Å². The van der Waals surface area contributed by atoms with Crippen molar-refractivity contribution in [3.05, 3.63) is 11.6 Å². The lowest BCUT2D eigenvalue weighted by atomic mass is 9.51. The number of rotatable bonds is 4. The van der Waals surface area contributed by atoms with Crippen LogP contribution in [0.5, 0.6) is 0 Å². The first-order valence-corrected chi connectivity index (χ1v) is 10.5. The Morgan fingerprint density at radius 3 is 2.75 bits per heavy atom. The molecule has 3 saturated carbocycles. The summed E-state index contributed by atoms with van der Waals surface area (Å²) in [5, 5.41) is 0. The summed E-state index contributed by atoms with van der Waals surface area (Å²) in [7, 11) is 0. The summed E-state index contributed by atoms with van der Waals surface area (Å²) in [5.41, 5.74) is 1.97. The van der Waals surface area contributed by atoms with Crippen LogP contribution in [0, 0.1) is 29.1 Å². The van der Waals surface area contributed by atoms with Crippen molar-refractivity contribution in [2.75, 3.05) is 6.61 Å². The number of ether oxygens (including phenoxy) is 1. The third kappa shape index (κ3) is 2.52. The Balaban J connectivity index is 1.57. The molecule has 3 fully saturated rings. The maximum Gasteiger partial charge on any atom is 0.155 e. The van der Waals surface area contributed by atoms with E-state index in [0.29, 0.717) is 17.3 Å². The number of ketones is 1. The van der Waals surface area contributed by atoms with Crippen LogP contribution in [-0.4, -0.2) is 18.5 Å². The van der Waals surface area contributed by atoms with Crippen LogP contribution < -0.4 is 0 Å². The molecule has 24 heavy (non-hydrogen) atoms. The van der Waals surface area contributed by atoms with E-state index in [1.54, 1.807) is 0 Å². The summed E-state index contributed by atoms with van der Waals surface area (Å²) in [6.07, 6.45) is 14.8. The molecular weight excluding hydrogens is 296 g/mol. The van der Waals surface area contributed by atoms with Gasteiger partial charge in [0.1, 0.15) is 0 Å². The van der Waals surface area contributed by atoms with Crippen molar-refractivity contribution in [2.45, 2.75) is 84.2 Å². The fourth-order valence-corrected chi connectivity index (χ4v) is 7.12. The van der Waals surface area contributed by atoms with Gasteiger partial charge in [0, 0.05) is 13.0 Å². The number of fused-ring (bicyclic) bond motifs is 5. The molecule has 6 atom stereocenters. The largest absolute Gasteiger partial charge is 0.378 e.